The number of ether oxygens (including phenoxy) is 2. The molecule has 120 valence electrons. The van der Waals surface area contributed by atoms with Gasteiger partial charge in [-0.1, -0.05) is 18.2 Å². The van der Waals surface area contributed by atoms with Crippen LogP contribution in [0.15, 0.2) is 72.8 Å². The van der Waals surface area contributed by atoms with Gasteiger partial charge in [-0.25, -0.2) is 0 Å². The van der Waals surface area contributed by atoms with E-state index >= 15 is 0 Å². The SMILES string of the molecule is Cc1cc([N+](=O)[O-])ccc1Oc1ccc(Oc2ccccc2)cc1. The molecule has 0 amide bonds. The van der Waals surface area contributed by atoms with Crippen molar-refractivity contribution >= 4 is 5.69 Å². The Morgan fingerprint density at radius 1 is 0.792 bits per heavy atom. The van der Waals surface area contributed by atoms with E-state index in [2.05, 4.69) is 0 Å². The lowest BCUT2D eigenvalue weighted by molar-refractivity contribution is -0.384. The minimum atomic E-state index is -0.424. The molecule has 5 heteroatoms. The zero-order chi connectivity index (χ0) is 16.9. The molecule has 0 spiro atoms. The lowest BCUT2D eigenvalue weighted by atomic mass is 10.2. The van der Waals surface area contributed by atoms with Gasteiger partial charge in [0.2, 0.25) is 0 Å². The average Bonchev–Trinajstić information content (AvgIpc) is 2.59. The Morgan fingerprint density at radius 2 is 1.38 bits per heavy atom. The minimum absolute atomic E-state index is 0.0476. The molecule has 0 fully saturated rings. The summed E-state index contributed by atoms with van der Waals surface area (Å²) in [4.78, 5) is 10.3. The van der Waals surface area contributed by atoms with Crippen LogP contribution in [0.1, 0.15) is 5.56 Å². The Hall–Kier alpha value is -3.34. The van der Waals surface area contributed by atoms with Crippen LogP contribution in [0, 0.1) is 17.0 Å². The van der Waals surface area contributed by atoms with E-state index in [1.165, 1.54) is 12.1 Å². The maximum atomic E-state index is 10.8. The van der Waals surface area contributed by atoms with Gasteiger partial charge in [-0.15, -0.1) is 0 Å². The number of aryl methyl sites for hydroxylation is 1. The summed E-state index contributed by atoms with van der Waals surface area (Å²) in [7, 11) is 0. The molecule has 0 saturated heterocycles. The second kappa shape index (κ2) is 6.83. The quantitative estimate of drug-likeness (QED) is 0.460. The zero-order valence-electron chi connectivity index (χ0n) is 13.0. The van der Waals surface area contributed by atoms with Crippen LogP contribution < -0.4 is 9.47 Å². The predicted octanol–water partition coefficient (Wildman–Crippen LogP) is 5.49. The molecule has 0 radical (unpaired) electrons. The van der Waals surface area contributed by atoms with Crippen LogP contribution in [-0.4, -0.2) is 4.92 Å². The van der Waals surface area contributed by atoms with Gasteiger partial charge in [0, 0.05) is 12.1 Å². The highest BCUT2D eigenvalue weighted by Gasteiger charge is 2.09. The Bertz CT molecular complexity index is 845. The predicted molar refractivity (Wildman–Crippen MR) is 90.9 cm³/mol. The van der Waals surface area contributed by atoms with E-state index in [1.54, 1.807) is 25.1 Å². The molecule has 0 saturated carbocycles. The molecular weight excluding hydrogens is 306 g/mol. The number of hydrogen-bond acceptors (Lipinski definition) is 4. The molecule has 0 aliphatic heterocycles. The normalized spacial score (nSPS) is 10.2. The van der Waals surface area contributed by atoms with Crippen LogP contribution >= 0.6 is 0 Å². The third-order valence-corrected chi connectivity index (χ3v) is 3.40. The summed E-state index contributed by atoms with van der Waals surface area (Å²) in [6.45, 7) is 1.77. The smallest absolute Gasteiger partial charge is 0.269 e. The van der Waals surface area contributed by atoms with Crippen LogP contribution in [0.2, 0.25) is 0 Å². The molecule has 0 aliphatic carbocycles. The van der Waals surface area contributed by atoms with Crippen molar-refractivity contribution in [1.29, 1.82) is 0 Å². The topological polar surface area (TPSA) is 61.6 Å². The Morgan fingerprint density at radius 3 is 1.96 bits per heavy atom. The highest BCUT2D eigenvalue weighted by Crippen LogP contribution is 2.30. The van der Waals surface area contributed by atoms with E-state index in [9.17, 15) is 10.1 Å². The van der Waals surface area contributed by atoms with Crippen LogP contribution in [0.4, 0.5) is 5.69 Å². The molecule has 3 rings (SSSR count). The van der Waals surface area contributed by atoms with Gasteiger partial charge in [-0.2, -0.15) is 0 Å². The van der Waals surface area contributed by atoms with Gasteiger partial charge in [0.05, 0.1) is 4.92 Å². The van der Waals surface area contributed by atoms with Crippen LogP contribution in [0.5, 0.6) is 23.0 Å². The fraction of sp³-hybridized carbons (Fsp3) is 0.0526. The van der Waals surface area contributed by atoms with Crippen molar-refractivity contribution in [2.24, 2.45) is 0 Å². The van der Waals surface area contributed by atoms with Gasteiger partial charge in [-0.3, -0.25) is 10.1 Å². The first kappa shape index (κ1) is 15.6. The van der Waals surface area contributed by atoms with Crippen LogP contribution in [0.25, 0.3) is 0 Å². The summed E-state index contributed by atoms with van der Waals surface area (Å²) in [5.74, 6) is 2.68. The molecule has 0 atom stereocenters. The third kappa shape index (κ3) is 3.70. The molecule has 0 bridgehead atoms. The van der Waals surface area contributed by atoms with E-state index in [4.69, 9.17) is 9.47 Å². The molecular formula is C19H15NO4. The van der Waals surface area contributed by atoms with Gasteiger partial charge in [-0.05, 0) is 55.0 Å². The van der Waals surface area contributed by atoms with Gasteiger partial charge in [0.1, 0.15) is 23.0 Å². The van der Waals surface area contributed by atoms with E-state index < -0.39 is 4.92 Å². The maximum absolute atomic E-state index is 10.8. The van der Waals surface area contributed by atoms with Crippen LogP contribution in [0.3, 0.4) is 0 Å². The van der Waals surface area contributed by atoms with E-state index in [1.807, 2.05) is 42.5 Å². The molecule has 5 nitrogen and oxygen atoms in total. The van der Waals surface area contributed by atoms with Gasteiger partial charge < -0.3 is 9.47 Å². The van der Waals surface area contributed by atoms with E-state index in [0.29, 0.717) is 22.8 Å². The molecule has 3 aromatic rings. The highest BCUT2D eigenvalue weighted by atomic mass is 16.6. The first-order chi connectivity index (χ1) is 11.6. The van der Waals surface area contributed by atoms with Crippen molar-refractivity contribution < 1.29 is 14.4 Å². The highest BCUT2D eigenvalue weighted by molar-refractivity contribution is 5.45. The van der Waals surface area contributed by atoms with Crippen molar-refractivity contribution in [3.63, 3.8) is 0 Å². The average molecular weight is 321 g/mol. The minimum Gasteiger partial charge on any atom is -0.457 e. The summed E-state index contributed by atoms with van der Waals surface area (Å²) in [6.07, 6.45) is 0. The van der Waals surface area contributed by atoms with Crippen molar-refractivity contribution in [1.82, 2.24) is 0 Å². The molecule has 24 heavy (non-hydrogen) atoms. The maximum Gasteiger partial charge on any atom is 0.269 e. The van der Waals surface area contributed by atoms with Gasteiger partial charge in [0.25, 0.3) is 5.69 Å². The van der Waals surface area contributed by atoms with Crippen molar-refractivity contribution in [2.75, 3.05) is 0 Å². The fourth-order valence-corrected chi connectivity index (χ4v) is 2.19. The van der Waals surface area contributed by atoms with Crippen LogP contribution in [-0.2, 0) is 0 Å². The molecule has 0 aliphatic rings. The fourth-order valence-electron chi connectivity index (χ4n) is 2.19. The molecule has 0 unspecified atom stereocenters. The summed E-state index contributed by atoms with van der Waals surface area (Å²) in [6, 6.07) is 21.2. The number of rotatable bonds is 5. The lowest BCUT2D eigenvalue weighted by Crippen LogP contribution is -1.92. The first-order valence-electron chi connectivity index (χ1n) is 7.38. The first-order valence-corrected chi connectivity index (χ1v) is 7.38. The number of hydrogen-bond donors (Lipinski definition) is 0. The number of benzene rings is 3. The summed E-state index contributed by atoms with van der Waals surface area (Å²) in [5.41, 5.74) is 0.750. The number of non-ortho nitro benzene ring substituents is 1. The molecule has 3 aromatic carbocycles. The lowest BCUT2D eigenvalue weighted by Gasteiger charge is -2.10. The number of nitrogens with zero attached hydrogens (tertiary/aromatic N) is 1. The Labute approximate surface area is 139 Å². The summed E-state index contributed by atoms with van der Waals surface area (Å²) in [5, 5.41) is 10.8. The second-order valence-electron chi connectivity index (χ2n) is 5.20. The van der Waals surface area contributed by atoms with Gasteiger partial charge in [0.15, 0.2) is 0 Å². The number of nitro groups is 1. The summed E-state index contributed by atoms with van der Waals surface area (Å²) >= 11 is 0. The second-order valence-corrected chi connectivity index (χ2v) is 5.20. The number of para-hydroxylation sites is 1. The summed E-state index contributed by atoms with van der Waals surface area (Å²) < 4.78 is 11.5. The largest absolute Gasteiger partial charge is 0.457 e. The monoisotopic (exact) mass is 321 g/mol. The third-order valence-electron chi connectivity index (χ3n) is 3.40. The van der Waals surface area contributed by atoms with E-state index in [-0.39, 0.29) is 5.69 Å². The Kier molecular flexibility index (Phi) is 4.43. The van der Waals surface area contributed by atoms with Crippen molar-refractivity contribution in [3.05, 3.63) is 88.5 Å². The molecule has 0 heterocycles. The standard InChI is InChI=1S/C19H15NO4/c1-14-13-15(20(21)22)7-12-19(14)24-18-10-8-17(9-11-18)23-16-5-3-2-4-6-16/h2-13H,1H3. The zero-order valence-corrected chi connectivity index (χ0v) is 13.0. The number of nitro benzene ring substituents is 1. The van der Waals surface area contributed by atoms with Gasteiger partial charge >= 0.3 is 0 Å². The molecule has 0 aromatic heterocycles. The molecule has 0 N–H and O–H groups in total. The van der Waals surface area contributed by atoms with E-state index in [0.717, 1.165) is 5.75 Å². The Balaban J connectivity index is 1.71. The van der Waals surface area contributed by atoms with Crippen molar-refractivity contribution in [2.45, 2.75) is 6.92 Å². The van der Waals surface area contributed by atoms with Crippen molar-refractivity contribution in [3.8, 4) is 23.0 Å².